The standard InChI is InChI=1S/C16H19N3O/c1-10-5-7-14(8-6-10)16(20)18-12(3)15-9-11(2)17-13(4)19-15/h5-9,12H,1-4H3,(H,18,20). The fraction of sp³-hybridized carbons (Fsp3) is 0.312. The van der Waals surface area contributed by atoms with E-state index in [9.17, 15) is 4.79 Å². The Morgan fingerprint density at radius 2 is 1.75 bits per heavy atom. The third-order valence-electron chi connectivity index (χ3n) is 3.09. The van der Waals surface area contributed by atoms with Crippen LogP contribution in [0.5, 0.6) is 0 Å². The van der Waals surface area contributed by atoms with Gasteiger partial charge in [-0.2, -0.15) is 0 Å². The zero-order chi connectivity index (χ0) is 14.7. The quantitative estimate of drug-likeness (QED) is 0.932. The number of aryl methyl sites for hydroxylation is 3. The first-order valence-electron chi connectivity index (χ1n) is 6.65. The lowest BCUT2D eigenvalue weighted by molar-refractivity contribution is 0.0939. The normalized spacial score (nSPS) is 12.0. The molecule has 20 heavy (non-hydrogen) atoms. The van der Waals surface area contributed by atoms with E-state index in [0.717, 1.165) is 22.8 Å². The van der Waals surface area contributed by atoms with E-state index in [1.165, 1.54) is 0 Å². The number of amides is 1. The van der Waals surface area contributed by atoms with Gasteiger partial charge < -0.3 is 5.32 Å². The summed E-state index contributed by atoms with van der Waals surface area (Å²) in [5.41, 5.74) is 3.53. The van der Waals surface area contributed by atoms with E-state index in [2.05, 4.69) is 15.3 Å². The molecule has 1 N–H and O–H groups in total. The van der Waals surface area contributed by atoms with E-state index in [1.807, 2.05) is 58.0 Å². The number of nitrogens with one attached hydrogen (secondary N) is 1. The Bertz CT molecular complexity index is 600. The van der Waals surface area contributed by atoms with Crippen LogP contribution in [0.15, 0.2) is 30.3 Å². The molecular formula is C16H19N3O. The van der Waals surface area contributed by atoms with Crippen molar-refractivity contribution in [3.8, 4) is 0 Å². The third kappa shape index (κ3) is 3.41. The number of carbonyl (C=O) groups is 1. The van der Waals surface area contributed by atoms with Crippen molar-refractivity contribution < 1.29 is 4.79 Å². The average molecular weight is 269 g/mol. The molecule has 2 aromatic rings. The number of benzene rings is 1. The van der Waals surface area contributed by atoms with Crippen molar-refractivity contribution in [1.82, 2.24) is 15.3 Å². The second-order valence-electron chi connectivity index (χ2n) is 5.04. The van der Waals surface area contributed by atoms with Gasteiger partial charge in [0.15, 0.2) is 0 Å². The summed E-state index contributed by atoms with van der Waals surface area (Å²) in [6.07, 6.45) is 0. The van der Waals surface area contributed by atoms with Gasteiger partial charge in [0.1, 0.15) is 5.82 Å². The molecule has 0 aliphatic rings. The monoisotopic (exact) mass is 269 g/mol. The molecule has 0 spiro atoms. The summed E-state index contributed by atoms with van der Waals surface area (Å²) in [6.45, 7) is 7.70. The molecule has 1 unspecified atom stereocenters. The number of nitrogens with zero attached hydrogens (tertiary/aromatic N) is 2. The first-order chi connectivity index (χ1) is 9.45. The second-order valence-corrected chi connectivity index (χ2v) is 5.04. The maximum atomic E-state index is 12.2. The van der Waals surface area contributed by atoms with Gasteiger partial charge in [0.2, 0.25) is 0 Å². The van der Waals surface area contributed by atoms with E-state index >= 15 is 0 Å². The fourth-order valence-electron chi connectivity index (χ4n) is 2.03. The van der Waals surface area contributed by atoms with Crippen LogP contribution in [0.2, 0.25) is 0 Å². The Kier molecular flexibility index (Phi) is 4.13. The Morgan fingerprint density at radius 1 is 1.10 bits per heavy atom. The Morgan fingerprint density at radius 3 is 2.35 bits per heavy atom. The summed E-state index contributed by atoms with van der Waals surface area (Å²) < 4.78 is 0. The lowest BCUT2D eigenvalue weighted by Crippen LogP contribution is -2.27. The molecule has 0 saturated heterocycles. The molecule has 2 rings (SSSR count). The maximum Gasteiger partial charge on any atom is 0.251 e. The van der Waals surface area contributed by atoms with Crippen molar-refractivity contribution in [2.24, 2.45) is 0 Å². The fourth-order valence-corrected chi connectivity index (χ4v) is 2.03. The molecule has 0 saturated carbocycles. The molecule has 0 radical (unpaired) electrons. The van der Waals surface area contributed by atoms with Crippen molar-refractivity contribution in [1.29, 1.82) is 0 Å². The highest BCUT2D eigenvalue weighted by Crippen LogP contribution is 2.12. The van der Waals surface area contributed by atoms with Crippen LogP contribution in [-0.2, 0) is 0 Å². The van der Waals surface area contributed by atoms with Crippen LogP contribution in [0.25, 0.3) is 0 Å². The number of rotatable bonds is 3. The van der Waals surface area contributed by atoms with Crippen LogP contribution in [-0.4, -0.2) is 15.9 Å². The van der Waals surface area contributed by atoms with Crippen molar-refractivity contribution >= 4 is 5.91 Å². The number of carbonyl (C=O) groups excluding carboxylic acids is 1. The molecule has 4 nitrogen and oxygen atoms in total. The predicted octanol–water partition coefficient (Wildman–Crippen LogP) is 2.89. The largest absolute Gasteiger partial charge is 0.344 e. The van der Waals surface area contributed by atoms with Crippen LogP contribution in [0.3, 0.4) is 0 Å². The zero-order valence-corrected chi connectivity index (χ0v) is 12.3. The second kappa shape index (κ2) is 5.82. The molecule has 0 bridgehead atoms. The van der Waals surface area contributed by atoms with E-state index in [0.29, 0.717) is 5.56 Å². The van der Waals surface area contributed by atoms with Crippen LogP contribution in [0.1, 0.15) is 46.1 Å². The molecule has 0 aliphatic heterocycles. The van der Waals surface area contributed by atoms with Crippen molar-refractivity contribution in [3.63, 3.8) is 0 Å². The smallest absolute Gasteiger partial charge is 0.251 e. The minimum absolute atomic E-state index is 0.0913. The predicted molar refractivity (Wildman–Crippen MR) is 78.6 cm³/mol. The molecule has 1 atom stereocenters. The van der Waals surface area contributed by atoms with E-state index in [1.54, 1.807) is 0 Å². The summed E-state index contributed by atoms with van der Waals surface area (Å²) in [4.78, 5) is 20.8. The highest BCUT2D eigenvalue weighted by molar-refractivity contribution is 5.94. The highest BCUT2D eigenvalue weighted by Gasteiger charge is 2.13. The molecule has 1 aromatic heterocycles. The number of hydrogen-bond donors (Lipinski definition) is 1. The minimum Gasteiger partial charge on any atom is -0.344 e. The average Bonchev–Trinajstić information content (AvgIpc) is 2.38. The summed E-state index contributed by atoms with van der Waals surface area (Å²) in [6, 6.07) is 9.26. The van der Waals surface area contributed by atoms with Crippen molar-refractivity contribution in [3.05, 3.63) is 58.7 Å². The lowest BCUT2D eigenvalue weighted by Gasteiger charge is -2.14. The summed E-state index contributed by atoms with van der Waals surface area (Å²) in [5.74, 6) is 0.628. The summed E-state index contributed by atoms with van der Waals surface area (Å²) >= 11 is 0. The SMILES string of the molecule is Cc1ccc(C(=O)NC(C)c2cc(C)nc(C)n2)cc1. The van der Waals surface area contributed by atoms with Crippen LogP contribution >= 0.6 is 0 Å². The lowest BCUT2D eigenvalue weighted by atomic mass is 10.1. The summed E-state index contributed by atoms with van der Waals surface area (Å²) in [5, 5.41) is 2.96. The zero-order valence-electron chi connectivity index (χ0n) is 12.3. The molecule has 0 fully saturated rings. The van der Waals surface area contributed by atoms with Crippen molar-refractivity contribution in [2.45, 2.75) is 33.7 Å². The van der Waals surface area contributed by atoms with Gasteiger partial charge in [0, 0.05) is 11.3 Å². The Hall–Kier alpha value is -2.23. The molecular weight excluding hydrogens is 250 g/mol. The van der Waals surface area contributed by atoms with Crippen molar-refractivity contribution in [2.75, 3.05) is 0 Å². The third-order valence-corrected chi connectivity index (χ3v) is 3.09. The van der Waals surface area contributed by atoms with Gasteiger partial charge in [-0.1, -0.05) is 17.7 Å². The molecule has 0 aliphatic carbocycles. The van der Waals surface area contributed by atoms with E-state index < -0.39 is 0 Å². The van der Waals surface area contributed by atoms with Crippen LogP contribution in [0.4, 0.5) is 0 Å². The summed E-state index contributed by atoms with van der Waals surface area (Å²) in [7, 11) is 0. The molecule has 1 amide bonds. The van der Waals surface area contributed by atoms with Gasteiger partial charge in [0.05, 0.1) is 11.7 Å². The first kappa shape index (κ1) is 14.2. The van der Waals surface area contributed by atoms with Gasteiger partial charge in [0.25, 0.3) is 5.91 Å². The van der Waals surface area contributed by atoms with Gasteiger partial charge in [-0.15, -0.1) is 0 Å². The van der Waals surface area contributed by atoms with Gasteiger partial charge in [-0.3, -0.25) is 4.79 Å². The molecule has 1 heterocycles. The van der Waals surface area contributed by atoms with Gasteiger partial charge in [-0.05, 0) is 45.9 Å². The molecule has 4 heteroatoms. The number of hydrogen-bond acceptors (Lipinski definition) is 3. The van der Waals surface area contributed by atoms with Gasteiger partial charge >= 0.3 is 0 Å². The first-order valence-corrected chi connectivity index (χ1v) is 6.65. The molecule has 1 aromatic carbocycles. The Balaban J connectivity index is 2.12. The Labute approximate surface area is 119 Å². The van der Waals surface area contributed by atoms with E-state index in [4.69, 9.17) is 0 Å². The number of aromatic nitrogens is 2. The maximum absolute atomic E-state index is 12.2. The van der Waals surface area contributed by atoms with Gasteiger partial charge in [-0.25, -0.2) is 9.97 Å². The minimum atomic E-state index is -0.149. The highest BCUT2D eigenvalue weighted by atomic mass is 16.1. The van der Waals surface area contributed by atoms with Crippen LogP contribution in [0, 0.1) is 20.8 Å². The van der Waals surface area contributed by atoms with E-state index in [-0.39, 0.29) is 11.9 Å². The van der Waals surface area contributed by atoms with Crippen LogP contribution < -0.4 is 5.32 Å². The topological polar surface area (TPSA) is 54.9 Å². The molecule has 104 valence electrons.